The van der Waals surface area contributed by atoms with Gasteiger partial charge in [0.2, 0.25) is 5.95 Å². The zero-order valence-electron chi connectivity index (χ0n) is 13.9. The number of aromatic nitrogens is 2. The Hall–Kier alpha value is -1.32. The fourth-order valence-corrected chi connectivity index (χ4v) is 3.43. The molecule has 1 aromatic heterocycles. The van der Waals surface area contributed by atoms with Gasteiger partial charge >= 0.3 is 0 Å². The number of nitrogens with zero attached hydrogens (tertiary/aromatic N) is 2. The highest BCUT2D eigenvalue weighted by molar-refractivity contribution is 5.34. The molecule has 1 aromatic rings. The van der Waals surface area contributed by atoms with Crippen molar-refractivity contribution in [1.29, 1.82) is 0 Å². The molecule has 1 fully saturated rings. The molecule has 1 saturated heterocycles. The van der Waals surface area contributed by atoms with E-state index in [1.807, 2.05) is 6.92 Å². The maximum Gasteiger partial charge on any atom is 0.255 e. The minimum absolute atomic E-state index is 0.0551. The number of nitrogens with one attached hydrogen (secondary N) is 1. The second kappa shape index (κ2) is 7.10. The Kier molecular flexibility index (Phi) is 5.43. The fraction of sp³-hybridized carbons (Fsp3) is 0.765. The lowest BCUT2D eigenvalue weighted by Crippen LogP contribution is -2.40. The smallest absolute Gasteiger partial charge is 0.255 e. The van der Waals surface area contributed by atoms with Gasteiger partial charge in [0.05, 0.1) is 0 Å². The Balaban J connectivity index is 2.17. The van der Waals surface area contributed by atoms with Gasteiger partial charge in [-0.2, -0.15) is 0 Å². The van der Waals surface area contributed by atoms with Crippen LogP contribution in [-0.4, -0.2) is 23.1 Å². The summed E-state index contributed by atoms with van der Waals surface area (Å²) < 4.78 is 0. The highest BCUT2D eigenvalue weighted by Crippen LogP contribution is 2.23. The molecule has 0 aromatic carbocycles. The van der Waals surface area contributed by atoms with Gasteiger partial charge < -0.3 is 4.90 Å². The third-order valence-electron chi connectivity index (χ3n) is 4.41. The second-order valence-electron chi connectivity index (χ2n) is 6.76. The van der Waals surface area contributed by atoms with Crippen LogP contribution in [0.4, 0.5) is 5.95 Å². The van der Waals surface area contributed by atoms with E-state index < -0.39 is 0 Å². The zero-order chi connectivity index (χ0) is 15.4. The molecular formula is C17H29N3O. The van der Waals surface area contributed by atoms with Crippen LogP contribution in [0.25, 0.3) is 0 Å². The minimum atomic E-state index is 0.0551. The van der Waals surface area contributed by atoms with E-state index in [0.717, 1.165) is 43.1 Å². The third-order valence-corrected chi connectivity index (χ3v) is 4.41. The highest BCUT2D eigenvalue weighted by Gasteiger charge is 2.24. The quantitative estimate of drug-likeness (QED) is 0.847. The van der Waals surface area contributed by atoms with Crippen molar-refractivity contribution in [1.82, 2.24) is 9.97 Å². The molecule has 0 bridgehead atoms. The molecule has 0 radical (unpaired) electrons. The van der Waals surface area contributed by atoms with Crippen molar-refractivity contribution in [3.8, 4) is 0 Å². The van der Waals surface area contributed by atoms with Crippen LogP contribution in [-0.2, 0) is 6.42 Å². The number of piperidine rings is 1. The molecule has 4 nitrogen and oxygen atoms in total. The predicted molar refractivity (Wildman–Crippen MR) is 88.0 cm³/mol. The maximum absolute atomic E-state index is 12.3. The van der Waals surface area contributed by atoms with Crippen molar-refractivity contribution in [2.75, 3.05) is 18.0 Å². The molecule has 1 aliphatic rings. The van der Waals surface area contributed by atoms with Gasteiger partial charge in [-0.3, -0.25) is 9.78 Å². The van der Waals surface area contributed by atoms with Crippen molar-refractivity contribution in [3.05, 3.63) is 21.6 Å². The van der Waals surface area contributed by atoms with Gasteiger partial charge in [-0.05, 0) is 38.0 Å². The van der Waals surface area contributed by atoms with Gasteiger partial charge in [0.1, 0.15) is 0 Å². The number of aryl methyl sites for hydroxylation is 1. The Labute approximate surface area is 128 Å². The Morgan fingerprint density at radius 1 is 1.24 bits per heavy atom. The van der Waals surface area contributed by atoms with E-state index in [2.05, 4.69) is 35.6 Å². The average molecular weight is 291 g/mol. The van der Waals surface area contributed by atoms with Crippen LogP contribution in [0.5, 0.6) is 0 Å². The van der Waals surface area contributed by atoms with Crippen LogP contribution in [0.15, 0.2) is 4.79 Å². The fourth-order valence-electron chi connectivity index (χ4n) is 3.43. The van der Waals surface area contributed by atoms with Crippen molar-refractivity contribution in [3.63, 3.8) is 0 Å². The lowest BCUT2D eigenvalue weighted by atomic mass is 9.92. The van der Waals surface area contributed by atoms with E-state index in [9.17, 15) is 4.79 Å². The molecule has 2 atom stereocenters. The molecule has 0 aliphatic carbocycles. The van der Waals surface area contributed by atoms with Crippen LogP contribution in [0.2, 0.25) is 0 Å². The summed E-state index contributed by atoms with van der Waals surface area (Å²) >= 11 is 0. The molecule has 4 heteroatoms. The molecule has 0 unspecified atom stereocenters. The summed E-state index contributed by atoms with van der Waals surface area (Å²) in [4.78, 5) is 22.3. The first-order chi connectivity index (χ1) is 10.0. The molecule has 1 aliphatic heterocycles. The molecule has 1 N–H and O–H groups in total. The minimum Gasteiger partial charge on any atom is -0.342 e. The first kappa shape index (κ1) is 16.1. The summed E-state index contributed by atoms with van der Waals surface area (Å²) in [6.45, 7) is 10.7. The van der Waals surface area contributed by atoms with Crippen molar-refractivity contribution in [2.24, 2.45) is 11.8 Å². The average Bonchev–Trinajstić information content (AvgIpc) is 2.40. The molecule has 21 heavy (non-hydrogen) atoms. The number of anilines is 1. The van der Waals surface area contributed by atoms with Gasteiger partial charge in [0, 0.05) is 24.3 Å². The topological polar surface area (TPSA) is 49.0 Å². The normalized spacial score (nSPS) is 22.6. The summed E-state index contributed by atoms with van der Waals surface area (Å²) in [5.41, 5.74) is 1.82. The van der Waals surface area contributed by atoms with E-state index in [-0.39, 0.29) is 5.56 Å². The van der Waals surface area contributed by atoms with Crippen LogP contribution in [0.3, 0.4) is 0 Å². The highest BCUT2D eigenvalue weighted by atomic mass is 16.1. The van der Waals surface area contributed by atoms with E-state index in [1.165, 1.54) is 19.3 Å². The predicted octanol–water partition coefficient (Wildman–Crippen LogP) is 3.29. The van der Waals surface area contributed by atoms with Crippen LogP contribution in [0, 0.1) is 18.8 Å². The third kappa shape index (κ3) is 4.08. The van der Waals surface area contributed by atoms with Crippen LogP contribution >= 0.6 is 0 Å². The number of unbranched alkanes of at least 4 members (excludes halogenated alkanes) is 2. The van der Waals surface area contributed by atoms with Gasteiger partial charge in [-0.1, -0.05) is 33.6 Å². The lowest BCUT2D eigenvalue weighted by molar-refractivity contribution is 0.353. The summed E-state index contributed by atoms with van der Waals surface area (Å²) in [6.07, 6.45) is 5.51. The Morgan fingerprint density at radius 3 is 2.48 bits per heavy atom. The molecule has 2 heterocycles. The summed E-state index contributed by atoms with van der Waals surface area (Å²) in [5, 5.41) is 0. The van der Waals surface area contributed by atoms with E-state index >= 15 is 0 Å². The zero-order valence-corrected chi connectivity index (χ0v) is 13.9. The van der Waals surface area contributed by atoms with Gasteiger partial charge in [0.15, 0.2) is 0 Å². The van der Waals surface area contributed by atoms with Crippen LogP contribution in [0.1, 0.15) is 57.7 Å². The first-order valence-electron chi connectivity index (χ1n) is 8.36. The molecule has 118 valence electrons. The summed E-state index contributed by atoms with van der Waals surface area (Å²) in [6, 6.07) is 0. The van der Waals surface area contributed by atoms with Crippen LogP contribution < -0.4 is 10.5 Å². The Morgan fingerprint density at radius 2 is 1.90 bits per heavy atom. The lowest BCUT2D eigenvalue weighted by Gasteiger charge is -2.35. The van der Waals surface area contributed by atoms with E-state index in [4.69, 9.17) is 0 Å². The number of rotatable bonds is 5. The molecular weight excluding hydrogens is 262 g/mol. The van der Waals surface area contributed by atoms with Crippen molar-refractivity contribution >= 4 is 5.95 Å². The standard InChI is InChI=1S/C17H29N3O/c1-5-6-7-8-15-14(4)18-17(19-16(15)21)20-10-12(2)9-13(3)11-20/h12-13H,5-11H2,1-4H3,(H,18,19,21)/t12-,13-/m1/s1. The van der Waals surface area contributed by atoms with E-state index in [0.29, 0.717) is 11.8 Å². The summed E-state index contributed by atoms with van der Waals surface area (Å²) in [7, 11) is 0. The number of hydrogen-bond acceptors (Lipinski definition) is 3. The van der Waals surface area contributed by atoms with E-state index in [1.54, 1.807) is 0 Å². The van der Waals surface area contributed by atoms with Crippen molar-refractivity contribution in [2.45, 2.75) is 59.8 Å². The van der Waals surface area contributed by atoms with Gasteiger partial charge in [-0.25, -0.2) is 4.98 Å². The molecule has 2 rings (SSSR count). The maximum atomic E-state index is 12.3. The van der Waals surface area contributed by atoms with Gasteiger partial charge in [-0.15, -0.1) is 0 Å². The molecule has 0 saturated carbocycles. The second-order valence-corrected chi connectivity index (χ2v) is 6.76. The number of aromatic amines is 1. The summed E-state index contributed by atoms with van der Waals surface area (Å²) in [5.74, 6) is 2.07. The SMILES string of the molecule is CCCCCc1c(C)nc(N2C[C@H](C)C[C@@H](C)C2)[nH]c1=O. The monoisotopic (exact) mass is 291 g/mol. The number of hydrogen-bond donors (Lipinski definition) is 1. The van der Waals surface area contributed by atoms with Gasteiger partial charge in [0.25, 0.3) is 5.56 Å². The van der Waals surface area contributed by atoms with Crippen molar-refractivity contribution < 1.29 is 0 Å². The molecule has 0 spiro atoms. The first-order valence-corrected chi connectivity index (χ1v) is 8.36. The molecule has 0 amide bonds. The number of H-pyrrole nitrogens is 1. The Bertz CT molecular complexity index is 513. The largest absolute Gasteiger partial charge is 0.342 e.